The summed E-state index contributed by atoms with van der Waals surface area (Å²) in [5, 5.41) is 7.16. The number of hydrogen-bond acceptors (Lipinski definition) is 3. The molecule has 1 heterocycles. The molecule has 0 aliphatic carbocycles. The second kappa shape index (κ2) is 7.38. The Labute approximate surface area is 112 Å². The maximum Gasteiger partial charge on any atom is 0.269 e. The number of methoxy groups -OCH3 is 1. The van der Waals surface area contributed by atoms with Gasteiger partial charge in [-0.05, 0) is 26.3 Å². The van der Waals surface area contributed by atoms with Crippen molar-refractivity contribution >= 4 is 17.5 Å². The van der Waals surface area contributed by atoms with E-state index in [1.165, 1.54) is 0 Å². The largest absolute Gasteiger partial charge is 0.383 e. The molecular formula is C12H20ClN3O2. The predicted molar refractivity (Wildman–Crippen MR) is 71.1 cm³/mol. The minimum atomic E-state index is -0.135. The van der Waals surface area contributed by atoms with E-state index in [1.807, 2.05) is 13.8 Å². The highest BCUT2D eigenvalue weighted by atomic mass is 35.5. The van der Waals surface area contributed by atoms with Gasteiger partial charge >= 0.3 is 0 Å². The van der Waals surface area contributed by atoms with Crippen LogP contribution in [0, 0.1) is 6.92 Å². The van der Waals surface area contributed by atoms with Gasteiger partial charge in [-0.2, -0.15) is 5.10 Å². The molecule has 5 nitrogen and oxygen atoms in total. The Kier molecular flexibility index (Phi) is 6.15. The lowest BCUT2D eigenvalue weighted by molar-refractivity contribution is 0.0884. The summed E-state index contributed by atoms with van der Waals surface area (Å²) in [7, 11) is 1.60. The maximum atomic E-state index is 12.1. The lowest BCUT2D eigenvalue weighted by atomic mass is 10.2. The number of nitrogens with one attached hydrogen (secondary N) is 1. The first-order valence-corrected chi connectivity index (χ1v) is 6.56. The third kappa shape index (κ3) is 3.99. The molecule has 0 fully saturated rings. The molecule has 18 heavy (non-hydrogen) atoms. The van der Waals surface area contributed by atoms with Crippen LogP contribution in [0.3, 0.4) is 0 Å². The molecule has 0 saturated carbocycles. The van der Waals surface area contributed by atoms with Gasteiger partial charge in [0.2, 0.25) is 0 Å². The lowest BCUT2D eigenvalue weighted by Gasteiger charge is -2.16. The van der Waals surface area contributed by atoms with Crippen molar-refractivity contribution < 1.29 is 9.53 Å². The number of aromatic nitrogens is 2. The zero-order valence-electron chi connectivity index (χ0n) is 11.1. The van der Waals surface area contributed by atoms with Gasteiger partial charge in [-0.1, -0.05) is 0 Å². The Hall–Kier alpha value is -1.07. The van der Waals surface area contributed by atoms with E-state index in [0.29, 0.717) is 31.1 Å². The average molecular weight is 274 g/mol. The van der Waals surface area contributed by atoms with Gasteiger partial charge in [0.25, 0.3) is 5.91 Å². The minimum absolute atomic E-state index is 0.0690. The first-order chi connectivity index (χ1) is 8.62. The summed E-state index contributed by atoms with van der Waals surface area (Å²) in [5.74, 6) is 0.352. The molecule has 1 aromatic heterocycles. The maximum absolute atomic E-state index is 12.1. The highest BCUT2D eigenvalue weighted by molar-refractivity contribution is 6.17. The Morgan fingerprint density at radius 2 is 2.39 bits per heavy atom. The topological polar surface area (TPSA) is 56.2 Å². The van der Waals surface area contributed by atoms with Crippen molar-refractivity contribution in [2.45, 2.75) is 32.9 Å². The molecule has 0 saturated heterocycles. The minimum Gasteiger partial charge on any atom is -0.383 e. The van der Waals surface area contributed by atoms with E-state index in [4.69, 9.17) is 16.3 Å². The number of alkyl halides is 1. The molecule has 1 unspecified atom stereocenters. The van der Waals surface area contributed by atoms with Crippen LogP contribution in [0.25, 0.3) is 0 Å². The number of hydrogen-bond donors (Lipinski definition) is 1. The standard InChI is InChI=1S/C12H20ClN3O2/c1-4-16-11(7-9(2)15-16)12(17)14-10(5-6-13)8-18-3/h7,10H,4-6,8H2,1-3H3,(H,14,17). The fraction of sp³-hybridized carbons (Fsp3) is 0.667. The molecule has 1 rings (SSSR count). The van der Waals surface area contributed by atoms with Crippen molar-refractivity contribution in [1.29, 1.82) is 0 Å². The fourth-order valence-electron chi connectivity index (χ4n) is 1.76. The normalized spacial score (nSPS) is 12.4. The number of amides is 1. The van der Waals surface area contributed by atoms with Gasteiger partial charge in [0.1, 0.15) is 5.69 Å². The second-order valence-electron chi connectivity index (χ2n) is 4.09. The summed E-state index contributed by atoms with van der Waals surface area (Å²) < 4.78 is 6.75. The molecule has 0 aliphatic heterocycles. The van der Waals surface area contributed by atoms with Crippen molar-refractivity contribution in [1.82, 2.24) is 15.1 Å². The monoisotopic (exact) mass is 273 g/mol. The molecule has 0 aromatic carbocycles. The lowest BCUT2D eigenvalue weighted by Crippen LogP contribution is -2.39. The smallest absolute Gasteiger partial charge is 0.269 e. The molecule has 0 radical (unpaired) electrons. The summed E-state index contributed by atoms with van der Waals surface area (Å²) in [6.45, 7) is 4.95. The van der Waals surface area contributed by atoms with Gasteiger partial charge in [0.05, 0.1) is 18.3 Å². The van der Waals surface area contributed by atoms with E-state index in [1.54, 1.807) is 17.9 Å². The molecule has 0 spiro atoms. The molecular weight excluding hydrogens is 254 g/mol. The third-order valence-corrected chi connectivity index (χ3v) is 2.81. The zero-order chi connectivity index (χ0) is 13.5. The number of ether oxygens (including phenoxy) is 1. The Balaban J connectivity index is 2.73. The predicted octanol–water partition coefficient (Wildman–Crippen LogP) is 1.59. The number of carbonyl (C=O) groups excluding carboxylic acids is 1. The Morgan fingerprint density at radius 3 is 2.94 bits per heavy atom. The molecule has 1 amide bonds. The summed E-state index contributed by atoms with van der Waals surface area (Å²) in [4.78, 5) is 12.1. The van der Waals surface area contributed by atoms with Crippen LogP contribution in [0.2, 0.25) is 0 Å². The first kappa shape index (κ1) is 15.0. The number of nitrogens with zero attached hydrogens (tertiary/aromatic N) is 2. The molecule has 1 N–H and O–H groups in total. The van der Waals surface area contributed by atoms with Gasteiger partial charge in [0, 0.05) is 19.5 Å². The van der Waals surface area contributed by atoms with Crippen molar-refractivity contribution in [2.24, 2.45) is 0 Å². The Morgan fingerprint density at radius 1 is 1.67 bits per heavy atom. The number of carbonyl (C=O) groups is 1. The quantitative estimate of drug-likeness (QED) is 0.768. The van der Waals surface area contributed by atoms with E-state index < -0.39 is 0 Å². The molecule has 1 aromatic rings. The summed E-state index contributed by atoms with van der Waals surface area (Å²) in [5.41, 5.74) is 1.41. The van der Waals surface area contributed by atoms with E-state index in [-0.39, 0.29) is 11.9 Å². The van der Waals surface area contributed by atoms with Crippen LogP contribution in [0.4, 0.5) is 0 Å². The van der Waals surface area contributed by atoms with Crippen molar-refractivity contribution in [3.8, 4) is 0 Å². The van der Waals surface area contributed by atoms with Gasteiger partial charge in [0.15, 0.2) is 0 Å². The summed E-state index contributed by atoms with van der Waals surface area (Å²) >= 11 is 5.70. The van der Waals surface area contributed by atoms with Crippen molar-refractivity contribution in [2.75, 3.05) is 19.6 Å². The van der Waals surface area contributed by atoms with Crippen LogP contribution < -0.4 is 5.32 Å². The van der Waals surface area contributed by atoms with Gasteiger partial charge in [-0.25, -0.2) is 0 Å². The van der Waals surface area contributed by atoms with E-state index >= 15 is 0 Å². The van der Waals surface area contributed by atoms with Crippen LogP contribution in [0.15, 0.2) is 6.07 Å². The van der Waals surface area contributed by atoms with Crippen LogP contribution in [0.1, 0.15) is 29.5 Å². The molecule has 6 heteroatoms. The molecule has 0 bridgehead atoms. The summed E-state index contributed by atoms with van der Waals surface area (Å²) in [6.07, 6.45) is 0.681. The van der Waals surface area contributed by atoms with E-state index in [9.17, 15) is 4.79 Å². The van der Waals surface area contributed by atoms with Gasteiger partial charge < -0.3 is 10.1 Å². The van der Waals surface area contributed by atoms with Crippen LogP contribution in [-0.4, -0.2) is 41.3 Å². The summed E-state index contributed by atoms with van der Waals surface area (Å²) in [6, 6.07) is 1.71. The highest BCUT2D eigenvalue weighted by Gasteiger charge is 2.17. The van der Waals surface area contributed by atoms with Crippen LogP contribution >= 0.6 is 11.6 Å². The average Bonchev–Trinajstić information content (AvgIpc) is 2.71. The number of halogens is 1. The van der Waals surface area contributed by atoms with E-state index in [2.05, 4.69) is 10.4 Å². The fourth-order valence-corrected chi connectivity index (χ4v) is 2.02. The van der Waals surface area contributed by atoms with Crippen LogP contribution in [-0.2, 0) is 11.3 Å². The van der Waals surface area contributed by atoms with Crippen molar-refractivity contribution in [3.63, 3.8) is 0 Å². The van der Waals surface area contributed by atoms with Gasteiger partial charge in [-0.15, -0.1) is 11.6 Å². The van der Waals surface area contributed by atoms with Gasteiger partial charge in [-0.3, -0.25) is 9.48 Å². The highest BCUT2D eigenvalue weighted by Crippen LogP contribution is 2.05. The number of rotatable bonds is 7. The molecule has 102 valence electrons. The number of aryl methyl sites for hydroxylation is 2. The zero-order valence-corrected chi connectivity index (χ0v) is 11.8. The first-order valence-electron chi connectivity index (χ1n) is 6.02. The van der Waals surface area contributed by atoms with Crippen LogP contribution in [0.5, 0.6) is 0 Å². The Bertz CT molecular complexity index is 387. The second-order valence-corrected chi connectivity index (χ2v) is 4.47. The SMILES string of the molecule is CCn1nc(C)cc1C(=O)NC(CCCl)COC. The third-order valence-electron chi connectivity index (χ3n) is 2.59. The molecule has 1 atom stereocenters. The van der Waals surface area contributed by atoms with E-state index in [0.717, 1.165) is 5.69 Å². The molecule has 0 aliphatic rings. The van der Waals surface area contributed by atoms with Crippen molar-refractivity contribution in [3.05, 3.63) is 17.5 Å².